The molecule has 1 rings (SSSR count). The molecule has 0 saturated heterocycles. The Morgan fingerprint density at radius 3 is 1.88 bits per heavy atom. The summed E-state index contributed by atoms with van der Waals surface area (Å²) in [5.41, 5.74) is -0.762. The Balaban J connectivity index is 2.97. The summed E-state index contributed by atoms with van der Waals surface area (Å²) in [6.07, 6.45) is -1.06. The number of aliphatic hydroxyl groups excluding tert-OH is 1. The molecular weight excluding hydrogens is 220 g/mol. The second kappa shape index (κ2) is 4.77. The number of carbonyl (C=O) groups is 2. The van der Waals surface area contributed by atoms with E-state index < -0.39 is 23.3 Å². The lowest BCUT2D eigenvalue weighted by atomic mass is 9.95. The highest BCUT2D eigenvalue weighted by molar-refractivity contribution is 6.03. The maximum atomic E-state index is 11.7. The maximum absolute atomic E-state index is 11.7. The molecule has 1 unspecified atom stereocenters. The van der Waals surface area contributed by atoms with Crippen LogP contribution in [0, 0.1) is 0 Å². The van der Waals surface area contributed by atoms with Gasteiger partial charge in [0.15, 0.2) is 11.6 Å². The van der Waals surface area contributed by atoms with E-state index in [0.717, 1.165) is 0 Å². The molecule has 1 aromatic rings. The lowest BCUT2D eigenvalue weighted by Crippen LogP contribution is -2.31. The van der Waals surface area contributed by atoms with Crippen molar-refractivity contribution in [3.63, 3.8) is 0 Å². The predicted molar refractivity (Wildman–Crippen MR) is 63.1 cm³/mol. The van der Waals surface area contributed by atoms with Gasteiger partial charge in [0.05, 0.1) is 0 Å². The van der Waals surface area contributed by atoms with Gasteiger partial charge in [-0.15, -0.1) is 0 Å². The predicted octanol–water partition coefficient (Wildman–Crippen LogP) is 1.20. The molecule has 4 nitrogen and oxygen atoms in total. The van der Waals surface area contributed by atoms with Crippen molar-refractivity contribution in [2.24, 2.45) is 0 Å². The summed E-state index contributed by atoms with van der Waals surface area (Å²) in [7, 11) is 0. The van der Waals surface area contributed by atoms with Crippen molar-refractivity contribution in [3.8, 4) is 0 Å². The van der Waals surface area contributed by atoms with Crippen LogP contribution in [-0.4, -0.2) is 33.5 Å². The van der Waals surface area contributed by atoms with Crippen molar-refractivity contribution < 1.29 is 19.8 Å². The first kappa shape index (κ1) is 13.5. The Morgan fingerprint density at radius 2 is 1.53 bits per heavy atom. The summed E-state index contributed by atoms with van der Waals surface area (Å²) in [4.78, 5) is 23.1. The average Bonchev–Trinajstić information content (AvgIpc) is 2.26. The van der Waals surface area contributed by atoms with Crippen molar-refractivity contribution in [2.45, 2.75) is 32.5 Å². The SMILES string of the molecule is CC(O)C(=O)c1ccc(C(=O)C(C)(C)O)cc1. The van der Waals surface area contributed by atoms with Crippen LogP contribution in [0.4, 0.5) is 0 Å². The van der Waals surface area contributed by atoms with Crippen LogP contribution in [0.2, 0.25) is 0 Å². The first-order valence-electron chi connectivity index (χ1n) is 5.33. The fourth-order valence-corrected chi connectivity index (χ4v) is 1.38. The van der Waals surface area contributed by atoms with Crippen LogP contribution >= 0.6 is 0 Å². The average molecular weight is 236 g/mol. The molecule has 0 bridgehead atoms. The van der Waals surface area contributed by atoms with E-state index in [-0.39, 0.29) is 0 Å². The molecule has 0 amide bonds. The van der Waals surface area contributed by atoms with E-state index in [1.54, 1.807) is 0 Å². The van der Waals surface area contributed by atoms with Gasteiger partial charge in [-0.1, -0.05) is 24.3 Å². The molecule has 92 valence electrons. The molecule has 0 saturated carbocycles. The van der Waals surface area contributed by atoms with Gasteiger partial charge in [0, 0.05) is 11.1 Å². The third-order valence-electron chi connectivity index (χ3n) is 2.37. The van der Waals surface area contributed by atoms with Gasteiger partial charge in [-0.25, -0.2) is 0 Å². The van der Waals surface area contributed by atoms with Gasteiger partial charge in [-0.3, -0.25) is 9.59 Å². The van der Waals surface area contributed by atoms with Gasteiger partial charge in [-0.2, -0.15) is 0 Å². The molecule has 0 aliphatic carbocycles. The van der Waals surface area contributed by atoms with Crippen LogP contribution in [0.15, 0.2) is 24.3 Å². The van der Waals surface area contributed by atoms with E-state index in [1.165, 1.54) is 45.0 Å². The maximum Gasteiger partial charge on any atom is 0.193 e. The van der Waals surface area contributed by atoms with E-state index in [1.807, 2.05) is 0 Å². The molecule has 0 spiro atoms. The molecule has 0 fully saturated rings. The lowest BCUT2D eigenvalue weighted by Gasteiger charge is -2.15. The minimum atomic E-state index is -1.43. The van der Waals surface area contributed by atoms with Gasteiger partial charge in [0.2, 0.25) is 0 Å². The van der Waals surface area contributed by atoms with E-state index >= 15 is 0 Å². The van der Waals surface area contributed by atoms with Crippen LogP contribution in [0.5, 0.6) is 0 Å². The summed E-state index contributed by atoms with van der Waals surface area (Å²) in [5, 5.41) is 18.7. The van der Waals surface area contributed by atoms with Gasteiger partial charge in [0.1, 0.15) is 11.7 Å². The molecule has 0 heterocycles. The molecule has 0 aliphatic heterocycles. The van der Waals surface area contributed by atoms with Crippen molar-refractivity contribution >= 4 is 11.6 Å². The normalized spacial score (nSPS) is 13.2. The first-order chi connectivity index (χ1) is 7.73. The van der Waals surface area contributed by atoms with Crippen molar-refractivity contribution in [2.75, 3.05) is 0 Å². The van der Waals surface area contributed by atoms with Gasteiger partial charge in [-0.05, 0) is 20.8 Å². The van der Waals surface area contributed by atoms with Gasteiger partial charge < -0.3 is 10.2 Å². The number of carbonyl (C=O) groups excluding carboxylic acids is 2. The minimum absolute atomic E-state index is 0.333. The highest BCUT2D eigenvalue weighted by atomic mass is 16.3. The largest absolute Gasteiger partial charge is 0.385 e. The number of hydrogen-bond donors (Lipinski definition) is 2. The van der Waals surface area contributed by atoms with E-state index in [2.05, 4.69) is 0 Å². The van der Waals surface area contributed by atoms with Gasteiger partial charge in [0.25, 0.3) is 0 Å². The van der Waals surface area contributed by atoms with E-state index in [4.69, 9.17) is 5.11 Å². The fourth-order valence-electron chi connectivity index (χ4n) is 1.38. The number of benzene rings is 1. The van der Waals surface area contributed by atoms with Gasteiger partial charge >= 0.3 is 0 Å². The highest BCUT2D eigenvalue weighted by Crippen LogP contribution is 2.14. The third-order valence-corrected chi connectivity index (χ3v) is 2.37. The molecule has 0 aliphatic rings. The second-order valence-electron chi connectivity index (χ2n) is 4.51. The lowest BCUT2D eigenvalue weighted by molar-refractivity contribution is 0.0488. The zero-order chi connectivity index (χ0) is 13.2. The van der Waals surface area contributed by atoms with Crippen LogP contribution in [0.1, 0.15) is 41.5 Å². The molecular formula is C13H16O4. The Kier molecular flexibility index (Phi) is 3.80. The van der Waals surface area contributed by atoms with Crippen LogP contribution in [0.3, 0.4) is 0 Å². The highest BCUT2D eigenvalue weighted by Gasteiger charge is 2.25. The fraction of sp³-hybridized carbons (Fsp3) is 0.385. The quantitative estimate of drug-likeness (QED) is 0.770. The monoisotopic (exact) mass is 236 g/mol. The third kappa shape index (κ3) is 3.22. The van der Waals surface area contributed by atoms with Crippen LogP contribution < -0.4 is 0 Å². The van der Waals surface area contributed by atoms with E-state index in [0.29, 0.717) is 11.1 Å². The molecule has 2 N–H and O–H groups in total. The zero-order valence-electron chi connectivity index (χ0n) is 10.1. The smallest absolute Gasteiger partial charge is 0.193 e. The molecule has 1 aromatic carbocycles. The number of aliphatic hydroxyl groups is 2. The summed E-state index contributed by atoms with van der Waals surface area (Å²) >= 11 is 0. The molecule has 1 atom stereocenters. The molecule has 17 heavy (non-hydrogen) atoms. The van der Waals surface area contributed by atoms with Crippen LogP contribution in [-0.2, 0) is 0 Å². The number of Topliss-reactive ketones (excluding diaryl/α,β-unsaturated/α-hetero) is 2. The number of rotatable bonds is 4. The first-order valence-corrected chi connectivity index (χ1v) is 5.33. The summed E-state index contributed by atoms with van der Waals surface area (Å²) < 4.78 is 0. The topological polar surface area (TPSA) is 74.6 Å². The second-order valence-corrected chi connectivity index (χ2v) is 4.51. The molecule has 0 radical (unpaired) electrons. The summed E-state index contributed by atoms with van der Waals surface area (Å²) in [6.45, 7) is 4.20. The zero-order valence-corrected chi connectivity index (χ0v) is 10.1. The minimum Gasteiger partial charge on any atom is -0.385 e. The Hall–Kier alpha value is -1.52. The molecule has 0 aromatic heterocycles. The summed E-state index contributed by atoms with van der Waals surface area (Å²) in [5.74, 6) is -0.805. The Morgan fingerprint density at radius 1 is 1.12 bits per heavy atom. The Bertz CT molecular complexity index is 424. The molecule has 4 heteroatoms. The number of ketones is 2. The van der Waals surface area contributed by atoms with Crippen molar-refractivity contribution in [3.05, 3.63) is 35.4 Å². The van der Waals surface area contributed by atoms with Crippen molar-refractivity contribution in [1.82, 2.24) is 0 Å². The van der Waals surface area contributed by atoms with E-state index in [9.17, 15) is 14.7 Å². The van der Waals surface area contributed by atoms with Crippen LogP contribution in [0.25, 0.3) is 0 Å². The Labute approximate surface area is 99.9 Å². The summed E-state index contributed by atoms with van der Waals surface area (Å²) in [6, 6.07) is 5.87. The standard InChI is InChI=1S/C13H16O4/c1-8(14)11(15)9-4-6-10(7-5-9)12(16)13(2,3)17/h4-8,14,17H,1-3H3. The van der Waals surface area contributed by atoms with Crippen molar-refractivity contribution in [1.29, 1.82) is 0 Å². The number of hydrogen-bond acceptors (Lipinski definition) is 4.